The van der Waals surface area contributed by atoms with Gasteiger partial charge in [-0.2, -0.15) is 0 Å². The Hall–Kier alpha value is -1.86. The molecule has 0 unspecified atom stereocenters. The standard InChI is InChI=1S/C12H8BrClFN3O2/c13-7-4-6(15)5-8(14)11(7)17-10-3-1-2-9(16)12(10)18(19)20/h1-5,17H,16H2. The van der Waals surface area contributed by atoms with E-state index in [1.165, 1.54) is 18.2 Å². The van der Waals surface area contributed by atoms with Gasteiger partial charge in [-0.25, -0.2) is 4.39 Å². The quantitative estimate of drug-likeness (QED) is 0.480. The van der Waals surface area contributed by atoms with Gasteiger partial charge in [-0.1, -0.05) is 17.7 Å². The van der Waals surface area contributed by atoms with E-state index in [1.54, 1.807) is 6.07 Å². The summed E-state index contributed by atoms with van der Waals surface area (Å²) in [4.78, 5) is 10.4. The molecule has 0 fully saturated rings. The zero-order valence-corrected chi connectivity index (χ0v) is 12.2. The number of nitro benzene ring substituents is 1. The van der Waals surface area contributed by atoms with Crippen molar-refractivity contribution in [3.05, 3.63) is 55.8 Å². The highest BCUT2D eigenvalue weighted by Gasteiger charge is 2.19. The third-order valence-corrected chi connectivity index (χ3v) is 3.44. The zero-order valence-electron chi connectivity index (χ0n) is 9.86. The lowest BCUT2D eigenvalue weighted by atomic mass is 10.2. The van der Waals surface area contributed by atoms with Crippen molar-refractivity contribution < 1.29 is 9.31 Å². The Kier molecular flexibility index (Phi) is 4.10. The van der Waals surface area contributed by atoms with Crippen molar-refractivity contribution in [2.75, 3.05) is 11.1 Å². The average Bonchev–Trinajstić information content (AvgIpc) is 2.33. The molecule has 8 heteroatoms. The molecule has 0 saturated carbocycles. The van der Waals surface area contributed by atoms with Crippen LogP contribution in [-0.2, 0) is 0 Å². The lowest BCUT2D eigenvalue weighted by molar-refractivity contribution is -0.383. The molecule has 0 spiro atoms. The zero-order chi connectivity index (χ0) is 14.9. The first-order chi connectivity index (χ1) is 9.40. The van der Waals surface area contributed by atoms with Crippen LogP contribution in [0.1, 0.15) is 0 Å². The van der Waals surface area contributed by atoms with Crippen molar-refractivity contribution in [3.8, 4) is 0 Å². The molecule has 3 N–H and O–H groups in total. The first-order valence-electron chi connectivity index (χ1n) is 5.34. The van der Waals surface area contributed by atoms with Crippen LogP contribution in [0.3, 0.4) is 0 Å². The minimum absolute atomic E-state index is 0.0226. The molecule has 0 bridgehead atoms. The number of nitrogens with two attached hydrogens (primary N) is 1. The molecule has 0 radical (unpaired) electrons. The third kappa shape index (κ3) is 2.83. The molecule has 0 saturated heterocycles. The number of nitro groups is 1. The van der Waals surface area contributed by atoms with Crippen LogP contribution in [0, 0.1) is 15.9 Å². The summed E-state index contributed by atoms with van der Waals surface area (Å²) >= 11 is 9.07. The van der Waals surface area contributed by atoms with E-state index in [4.69, 9.17) is 17.3 Å². The molecule has 0 aliphatic rings. The summed E-state index contributed by atoms with van der Waals surface area (Å²) in [5.74, 6) is -0.519. The van der Waals surface area contributed by atoms with Gasteiger partial charge in [0, 0.05) is 4.47 Å². The molecular formula is C12H8BrClFN3O2. The summed E-state index contributed by atoms with van der Waals surface area (Å²) < 4.78 is 13.5. The molecule has 2 aromatic carbocycles. The summed E-state index contributed by atoms with van der Waals surface area (Å²) in [6, 6.07) is 6.78. The number of hydrogen-bond acceptors (Lipinski definition) is 4. The van der Waals surface area contributed by atoms with E-state index in [9.17, 15) is 14.5 Å². The Morgan fingerprint density at radius 3 is 2.70 bits per heavy atom. The van der Waals surface area contributed by atoms with E-state index < -0.39 is 10.7 Å². The topological polar surface area (TPSA) is 81.2 Å². The second-order valence-electron chi connectivity index (χ2n) is 3.87. The van der Waals surface area contributed by atoms with Crippen LogP contribution in [-0.4, -0.2) is 4.92 Å². The summed E-state index contributed by atoms with van der Waals surface area (Å²) in [5.41, 5.74) is 5.84. The number of nitrogens with one attached hydrogen (secondary N) is 1. The van der Waals surface area contributed by atoms with E-state index in [2.05, 4.69) is 21.2 Å². The Morgan fingerprint density at radius 2 is 2.10 bits per heavy atom. The number of nitrogen functional groups attached to an aromatic ring is 1. The third-order valence-electron chi connectivity index (χ3n) is 2.52. The minimum atomic E-state index is -0.594. The van der Waals surface area contributed by atoms with E-state index in [1.807, 2.05) is 0 Å². The number of benzene rings is 2. The van der Waals surface area contributed by atoms with Gasteiger partial charge < -0.3 is 11.1 Å². The van der Waals surface area contributed by atoms with Crippen LogP contribution in [0.25, 0.3) is 0 Å². The molecule has 5 nitrogen and oxygen atoms in total. The van der Waals surface area contributed by atoms with Crippen molar-refractivity contribution in [3.63, 3.8) is 0 Å². The van der Waals surface area contributed by atoms with E-state index in [-0.39, 0.29) is 22.1 Å². The Balaban J connectivity index is 2.51. The van der Waals surface area contributed by atoms with Gasteiger partial charge in [-0.3, -0.25) is 10.1 Å². The molecule has 0 aliphatic carbocycles. The smallest absolute Gasteiger partial charge is 0.315 e. The van der Waals surface area contributed by atoms with Gasteiger partial charge in [0.05, 0.1) is 15.6 Å². The summed E-state index contributed by atoms with van der Waals surface area (Å²) in [5, 5.41) is 13.9. The molecule has 2 rings (SSSR count). The molecule has 20 heavy (non-hydrogen) atoms. The number of nitrogens with zero attached hydrogens (tertiary/aromatic N) is 1. The molecular weight excluding hydrogens is 353 g/mol. The lowest BCUT2D eigenvalue weighted by Crippen LogP contribution is -2.01. The van der Waals surface area contributed by atoms with Gasteiger partial charge in [0.1, 0.15) is 17.2 Å². The van der Waals surface area contributed by atoms with E-state index >= 15 is 0 Å². The van der Waals surface area contributed by atoms with E-state index in [0.717, 1.165) is 6.07 Å². The van der Waals surface area contributed by atoms with Crippen molar-refractivity contribution in [2.24, 2.45) is 0 Å². The predicted octanol–water partition coefficient (Wildman–Crippen LogP) is 4.48. The lowest BCUT2D eigenvalue weighted by Gasteiger charge is -2.12. The van der Waals surface area contributed by atoms with Gasteiger partial charge in [-0.15, -0.1) is 0 Å². The highest BCUT2D eigenvalue weighted by atomic mass is 79.9. The van der Waals surface area contributed by atoms with Crippen molar-refractivity contribution in [1.29, 1.82) is 0 Å². The second kappa shape index (κ2) is 5.64. The number of halogens is 3. The maximum atomic E-state index is 13.1. The fraction of sp³-hybridized carbons (Fsp3) is 0. The molecule has 0 aromatic heterocycles. The van der Waals surface area contributed by atoms with Gasteiger partial charge in [-0.05, 0) is 40.2 Å². The first kappa shape index (κ1) is 14.5. The largest absolute Gasteiger partial charge is 0.393 e. The van der Waals surface area contributed by atoms with Crippen LogP contribution in [0.5, 0.6) is 0 Å². The fourth-order valence-electron chi connectivity index (χ4n) is 1.66. The highest BCUT2D eigenvalue weighted by Crippen LogP contribution is 2.38. The number of para-hydroxylation sites is 1. The monoisotopic (exact) mass is 359 g/mol. The van der Waals surface area contributed by atoms with Crippen LogP contribution in [0.4, 0.5) is 27.1 Å². The average molecular weight is 361 g/mol. The Bertz CT molecular complexity index is 673. The molecule has 0 atom stereocenters. The van der Waals surface area contributed by atoms with Crippen LogP contribution < -0.4 is 11.1 Å². The predicted molar refractivity (Wildman–Crippen MR) is 79.9 cm³/mol. The second-order valence-corrected chi connectivity index (χ2v) is 5.13. The fourth-order valence-corrected chi connectivity index (χ4v) is 2.56. The van der Waals surface area contributed by atoms with Gasteiger partial charge in [0.25, 0.3) is 0 Å². The van der Waals surface area contributed by atoms with Crippen molar-refractivity contribution >= 4 is 50.3 Å². The van der Waals surface area contributed by atoms with Crippen LogP contribution in [0.15, 0.2) is 34.8 Å². The Labute approximate surface area is 126 Å². The highest BCUT2D eigenvalue weighted by molar-refractivity contribution is 9.10. The number of rotatable bonds is 3. The normalized spacial score (nSPS) is 10.3. The van der Waals surface area contributed by atoms with Crippen LogP contribution in [0.2, 0.25) is 5.02 Å². The SMILES string of the molecule is Nc1cccc(Nc2c(Cl)cc(F)cc2Br)c1[N+](=O)[O-]. The first-order valence-corrected chi connectivity index (χ1v) is 6.51. The molecule has 0 aliphatic heterocycles. The van der Waals surface area contributed by atoms with Gasteiger partial charge in [0.15, 0.2) is 0 Å². The summed E-state index contributed by atoms with van der Waals surface area (Å²) in [6.45, 7) is 0. The van der Waals surface area contributed by atoms with Gasteiger partial charge >= 0.3 is 5.69 Å². The van der Waals surface area contributed by atoms with Crippen molar-refractivity contribution in [2.45, 2.75) is 0 Å². The minimum Gasteiger partial charge on any atom is -0.393 e. The van der Waals surface area contributed by atoms with E-state index in [0.29, 0.717) is 10.2 Å². The summed E-state index contributed by atoms with van der Waals surface area (Å²) in [7, 11) is 0. The van der Waals surface area contributed by atoms with Gasteiger partial charge in [0.2, 0.25) is 0 Å². The molecule has 104 valence electrons. The summed E-state index contributed by atoms with van der Waals surface area (Å²) in [6.07, 6.45) is 0. The maximum Gasteiger partial charge on any atom is 0.315 e. The number of anilines is 3. The maximum absolute atomic E-state index is 13.1. The van der Waals surface area contributed by atoms with Crippen molar-refractivity contribution in [1.82, 2.24) is 0 Å². The number of hydrogen-bond donors (Lipinski definition) is 2. The molecule has 0 heterocycles. The van der Waals surface area contributed by atoms with Crippen LogP contribution >= 0.6 is 27.5 Å². The Morgan fingerprint density at radius 1 is 1.40 bits per heavy atom. The molecule has 2 aromatic rings. The molecule has 0 amide bonds.